The van der Waals surface area contributed by atoms with Crippen LogP contribution in [0.4, 0.5) is 14.0 Å². The normalized spacial score (nSPS) is 12.6. The van der Waals surface area contributed by atoms with Gasteiger partial charge in [0, 0.05) is 33.6 Å². The van der Waals surface area contributed by atoms with Crippen molar-refractivity contribution in [1.29, 1.82) is 0 Å². The number of rotatable bonds is 22. The highest BCUT2D eigenvalue weighted by atomic mass is 19.1. The number of likely N-dealkylation sites (N-methyl/N-ethyl adjacent to an activating group) is 2. The summed E-state index contributed by atoms with van der Waals surface area (Å²) in [5.41, 5.74) is 0.558. The predicted octanol–water partition coefficient (Wildman–Crippen LogP) is 8.07. The molecule has 0 radical (unpaired) electrons. The van der Waals surface area contributed by atoms with Gasteiger partial charge in [0.1, 0.15) is 29.3 Å². The molecule has 0 aromatic heterocycles. The minimum absolute atomic E-state index is 0.0538. The Kier molecular flexibility index (Phi) is 30.2. The highest BCUT2D eigenvalue weighted by molar-refractivity contribution is 5.92. The molecule has 438 valence electrons. The third-order valence-electron chi connectivity index (χ3n) is 11.4. The molecule has 0 spiro atoms. The van der Waals surface area contributed by atoms with Crippen molar-refractivity contribution in [3.63, 3.8) is 0 Å². The van der Waals surface area contributed by atoms with Gasteiger partial charge in [-0.15, -0.1) is 0 Å². The molecular weight excluding hydrogens is 1020 g/mol. The van der Waals surface area contributed by atoms with Crippen LogP contribution in [0.25, 0.3) is 21.5 Å². The van der Waals surface area contributed by atoms with Crippen LogP contribution >= 0.6 is 0 Å². The van der Waals surface area contributed by atoms with Crippen molar-refractivity contribution >= 4 is 69.4 Å². The number of alkyl carbamates (subject to hydrolysis) is 2. The molecule has 0 aliphatic carbocycles. The van der Waals surface area contributed by atoms with Gasteiger partial charge < -0.3 is 55.5 Å². The maximum Gasteiger partial charge on any atom is 0.408 e. The maximum absolute atomic E-state index is 14.0. The third kappa shape index (κ3) is 27.7. The summed E-state index contributed by atoms with van der Waals surface area (Å²) < 4.78 is 35.3. The van der Waals surface area contributed by atoms with Gasteiger partial charge in [0.15, 0.2) is 0 Å². The second-order valence-corrected chi connectivity index (χ2v) is 21.2. The molecule has 6 N–H and O–H groups in total. The molecule has 4 aromatic rings. The molecule has 0 aliphatic heterocycles. The van der Waals surface area contributed by atoms with Gasteiger partial charge in [-0.1, -0.05) is 113 Å². The average molecular weight is 1110 g/mol. The monoisotopic (exact) mass is 1110 g/mol. The molecule has 0 unspecified atom stereocenters. The number of amides is 5. The molecule has 0 bridgehead atoms. The summed E-state index contributed by atoms with van der Waals surface area (Å²) in [6.07, 6.45) is 0.202. The van der Waals surface area contributed by atoms with Crippen molar-refractivity contribution in [3.8, 4) is 0 Å². The summed E-state index contributed by atoms with van der Waals surface area (Å²) in [6.45, 7) is 18.4. The summed E-state index contributed by atoms with van der Waals surface area (Å²) >= 11 is 0. The Bertz CT molecular complexity index is 2600. The highest BCUT2D eigenvalue weighted by Crippen LogP contribution is 2.21. The summed E-state index contributed by atoms with van der Waals surface area (Å²) in [7, 11) is 4.74. The molecule has 20 heteroatoms. The van der Waals surface area contributed by atoms with E-state index in [9.17, 15) is 42.7 Å². The molecular formula is C59H87FN6O13. The molecule has 4 rings (SSSR count). The zero-order valence-corrected chi connectivity index (χ0v) is 48.6. The topological polar surface area (TPSA) is 257 Å². The van der Waals surface area contributed by atoms with Gasteiger partial charge in [-0.05, 0) is 105 Å². The lowest BCUT2D eigenvalue weighted by atomic mass is 9.97. The molecule has 0 aliphatic rings. The number of nitrogens with one attached hydrogen (secondary N) is 5. The van der Waals surface area contributed by atoms with Gasteiger partial charge in [-0.3, -0.25) is 28.4 Å². The standard InChI is InChI=1S/C29H41N3O6.C18H22N2O3.C11H21NO4.CH3F/c1-19(2)16-23(31-28(36)38-29(3,4)5)27(35)32(15-14-25(33)37-7)24(26(34)30-6)18-20-12-13-21-10-8-9-11-22(21)17-20;1-19-18(22)16(20-10-9-17(21)23-2)12-13-7-8-14-5-3-4-6-15(14)11-13;1-7(2)6-8(9(13)14)12-10(15)16-11(3,4)5;1-2/h8-13,17,19,23-24H,14-16,18H2,1-7H3,(H,30,34)(H,31,36);3-8,11,16,20H,9-10,12H2,1-2H3,(H,19,22);7-8H,6H2,1-5H3,(H,12,15)(H,13,14);1H3/t23-,24-;16-;8-;/m000./s1/i;;;1D. The van der Waals surface area contributed by atoms with Gasteiger partial charge in [0.2, 0.25) is 17.7 Å². The zero-order valence-electron chi connectivity index (χ0n) is 49.6. The SMILES string of the molecule is CC(C)C[C@H](NC(=O)OC(C)(C)C)C(=O)O.CNC(=O)[C@H](Cc1ccc2ccccc2c1)N(CCC(=O)OC)C(=O)[C@H](CC(C)C)NC(=O)OC(C)(C)C.CNC(=O)[C@H](Cc1ccc2ccccc2c1)NCCC(=O)OC.[2H]CF. The number of aliphatic carboxylic acids is 1. The molecule has 0 heterocycles. The van der Waals surface area contributed by atoms with E-state index in [2.05, 4.69) is 55.6 Å². The van der Waals surface area contributed by atoms with E-state index in [1.807, 2.05) is 88.4 Å². The maximum atomic E-state index is 14.0. The number of carbonyl (C=O) groups is 8. The molecule has 19 nitrogen and oxygen atoms in total. The smallest absolute Gasteiger partial charge is 0.408 e. The Morgan fingerprint density at radius 2 is 1.03 bits per heavy atom. The fourth-order valence-electron chi connectivity index (χ4n) is 7.80. The van der Waals surface area contributed by atoms with E-state index in [1.165, 1.54) is 31.6 Å². The number of benzene rings is 4. The van der Waals surface area contributed by atoms with Crippen LogP contribution in [0.1, 0.15) is 107 Å². The Hall–Kier alpha value is -7.35. The summed E-state index contributed by atoms with van der Waals surface area (Å²) in [6, 6.07) is 24.9. The lowest BCUT2D eigenvalue weighted by Gasteiger charge is -2.34. The first-order valence-electron chi connectivity index (χ1n) is 26.8. The first-order valence-corrected chi connectivity index (χ1v) is 26.1. The van der Waals surface area contributed by atoms with Crippen molar-refractivity contribution in [2.24, 2.45) is 11.8 Å². The number of methoxy groups -OCH3 is 2. The van der Waals surface area contributed by atoms with Gasteiger partial charge in [-0.2, -0.15) is 0 Å². The van der Waals surface area contributed by atoms with Crippen LogP contribution in [0.5, 0.6) is 0 Å². The zero-order chi connectivity index (χ0) is 60.8. The molecule has 5 amide bonds. The molecule has 4 atom stereocenters. The fraction of sp³-hybridized carbons (Fsp3) is 0.525. The lowest BCUT2D eigenvalue weighted by molar-refractivity contribution is -0.146. The number of hydrogen-bond donors (Lipinski definition) is 6. The van der Waals surface area contributed by atoms with E-state index in [1.54, 1.807) is 48.6 Å². The number of esters is 2. The second kappa shape index (κ2) is 35.2. The van der Waals surface area contributed by atoms with Gasteiger partial charge in [0.05, 0.1) is 41.6 Å². The number of nitrogens with zero attached hydrogens (tertiary/aromatic N) is 1. The number of carbonyl (C=O) groups excluding carboxylic acids is 7. The number of carboxylic acids is 1. The van der Waals surface area contributed by atoms with E-state index in [-0.39, 0.29) is 61.5 Å². The van der Waals surface area contributed by atoms with E-state index >= 15 is 0 Å². The molecule has 0 fully saturated rings. The first-order chi connectivity index (χ1) is 37.5. The number of fused-ring (bicyclic) bond motifs is 2. The van der Waals surface area contributed by atoms with Gasteiger partial charge in [0.25, 0.3) is 0 Å². The van der Waals surface area contributed by atoms with Crippen molar-refractivity contribution in [1.82, 2.24) is 31.5 Å². The van der Waals surface area contributed by atoms with Crippen LogP contribution in [-0.2, 0) is 60.6 Å². The van der Waals surface area contributed by atoms with Crippen LogP contribution < -0.4 is 26.6 Å². The summed E-state index contributed by atoms with van der Waals surface area (Å²) in [5.74, 6) is -2.54. The quantitative estimate of drug-likeness (QED) is 0.0321. The van der Waals surface area contributed by atoms with E-state index in [0.717, 1.165) is 27.3 Å². The highest BCUT2D eigenvalue weighted by Gasteiger charge is 2.36. The number of alkyl halides is 1. The van der Waals surface area contributed by atoms with Crippen LogP contribution in [0, 0.1) is 11.8 Å². The Balaban J connectivity index is 0.000000644. The third-order valence-corrected chi connectivity index (χ3v) is 11.4. The Morgan fingerprint density at radius 1 is 0.608 bits per heavy atom. The fourth-order valence-corrected chi connectivity index (χ4v) is 7.80. The van der Waals surface area contributed by atoms with Gasteiger partial charge >= 0.3 is 30.1 Å². The number of hydrogen-bond acceptors (Lipinski definition) is 13. The van der Waals surface area contributed by atoms with E-state index in [4.69, 9.17) is 20.7 Å². The largest absolute Gasteiger partial charge is 0.480 e. The Labute approximate surface area is 467 Å². The van der Waals surface area contributed by atoms with Crippen LogP contribution in [0.3, 0.4) is 0 Å². The lowest BCUT2D eigenvalue weighted by Crippen LogP contribution is -2.57. The molecule has 79 heavy (non-hydrogen) atoms. The minimum atomic E-state index is -1.04. The van der Waals surface area contributed by atoms with Crippen molar-refractivity contribution in [2.75, 3.05) is 48.6 Å². The van der Waals surface area contributed by atoms with Gasteiger partial charge in [-0.25, -0.2) is 14.4 Å². The summed E-state index contributed by atoms with van der Waals surface area (Å²) in [5, 5.41) is 26.7. The van der Waals surface area contributed by atoms with E-state index < -0.39 is 66.5 Å². The molecule has 0 saturated heterocycles. The molecule has 4 aromatic carbocycles. The predicted molar refractivity (Wildman–Crippen MR) is 304 cm³/mol. The summed E-state index contributed by atoms with van der Waals surface area (Å²) in [4.78, 5) is 98.6. The number of carboxylic acid groups (broad SMARTS) is 1. The number of halogens is 1. The minimum Gasteiger partial charge on any atom is -0.480 e. The van der Waals surface area contributed by atoms with E-state index in [0.29, 0.717) is 25.8 Å². The first kappa shape index (κ1) is 67.8. The van der Waals surface area contributed by atoms with Crippen molar-refractivity contribution in [2.45, 2.75) is 143 Å². The molecule has 0 saturated carbocycles. The van der Waals surface area contributed by atoms with Crippen LogP contribution in [0.15, 0.2) is 84.9 Å². The van der Waals surface area contributed by atoms with Crippen LogP contribution in [0.2, 0.25) is 0 Å². The van der Waals surface area contributed by atoms with Crippen molar-refractivity contribution in [3.05, 3.63) is 96.1 Å². The van der Waals surface area contributed by atoms with Crippen LogP contribution in [-0.4, -0.2) is 142 Å². The number of ether oxygens (including phenoxy) is 4. The average Bonchev–Trinajstić information content (AvgIpc) is 3.38. The Morgan fingerprint density at radius 3 is 1.44 bits per heavy atom. The van der Waals surface area contributed by atoms with Crippen molar-refractivity contribution < 1.29 is 68.2 Å². The second-order valence-electron chi connectivity index (χ2n) is 21.2.